The van der Waals surface area contributed by atoms with E-state index in [1.165, 1.54) is 0 Å². The summed E-state index contributed by atoms with van der Waals surface area (Å²) in [5, 5.41) is 19.0. The lowest BCUT2D eigenvalue weighted by Gasteiger charge is -2.19. The van der Waals surface area contributed by atoms with E-state index in [-0.39, 0.29) is 17.6 Å². The number of aliphatic hydroxyl groups excluding tert-OH is 2. The van der Waals surface area contributed by atoms with Crippen LogP contribution in [-0.2, 0) is 4.79 Å². The van der Waals surface area contributed by atoms with E-state index in [2.05, 4.69) is 0 Å². The molecule has 0 aliphatic carbocycles. The monoisotopic (exact) mass is 202 g/mol. The molecule has 14 heavy (non-hydrogen) atoms. The molecule has 2 N–H and O–H groups in total. The molecule has 0 rings (SSSR count). The molecule has 0 amide bonds. The number of carbonyl (C=O) groups is 1. The van der Waals surface area contributed by atoms with Crippen LogP contribution in [0, 0.1) is 11.8 Å². The maximum Gasteiger partial charge on any atom is 0.164 e. The molecule has 0 fully saturated rings. The summed E-state index contributed by atoms with van der Waals surface area (Å²) in [6.07, 6.45) is -1.33. The third kappa shape index (κ3) is 5.35. The molecule has 0 aliphatic heterocycles. The molecule has 0 aromatic rings. The van der Waals surface area contributed by atoms with Gasteiger partial charge in [0.05, 0.1) is 6.10 Å². The van der Waals surface area contributed by atoms with Crippen molar-refractivity contribution in [3.63, 3.8) is 0 Å². The van der Waals surface area contributed by atoms with Crippen molar-refractivity contribution in [2.45, 2.75) is 52.7 Å². The zero-order valence-corrected chi connectivity index (χ0v) is 9.53. The Labute approximate surface area is 86.1 Å². The summed E-state index contributed by atoms with van der Waals surface area (Å²) >= 11 is 0. The molecular formula is C11H22O3. The molecular weight excluding hydrogens is 180 g/mol. The molecule has 0 unspecified atom stereocenters. The molecule has 0 aliphatic rings. The van der Waals surface area contributed by atoms with Crippen LogP contribution in [0.15, 0.2) is 0 Å². The average molecular weight is 202 g/mol. The molecule has 3 heteroatoms. The van der Waals surface area contributed by atoms with Gasteiger partial charge in [-0.05, 0) is 18.3 Å². The fourth-order valence-electron chi connectivity index (χ4n) is 1.35. The van der Waals surface area contributed by atoms with Crippen molar-refractivity contribution < 1.29 is 15.0 Å². The topological polar surface area (TPSA) is 57.5 Å². The maximum absolute atomic E-state index is 11.4. The van der Waals surface area contributed by atoms with Crippen molar-refractivity contribution in [2.75, 3.05) is 0 Å². The van der Waals surface area contributed by atoms with Crippen molar-refractivity contribution >= 4 is 5.78 Å². The van der Waals surface area contributed by atoms with E-state index >= 15 is 0 Å². The Morgan fingerprint density at radius 1 is 1.07 bits per heavy atom. The van der Waals surface area contributed by atoms with E-state index in [1.54, 1.807) is 0 Å². The van der Waals surface area contributed by atoms with Crippen LogP contribution < -0.4 is 0 Å². The van der Waals surface area contributed by atoms with Crippen LogP contribution in [0.4, 0.5) is 0 Å². The van der Waals surface area contributed by atoms with Gasteiger partial charge in [-0.15, -0.1) is 0 Å². The van der Waals surface area contributed by atoms with Crippen molar-refractivity contribution in [3.05, 3.63) is 0 Å². The van der Waals surface area contributed by atoms with Crippen LogP contribution in [0.5, 0.6) is 0 Å². The smallest absolute Gasteiger partial charge is 0.164 e. The largest absolute Gasteiger partial charge is 0.390 e. The van der Waals surface area contributed by atoms with Crippen LogP contribution in [0.3, 0.4) is 0 Å². The second-order valence-corrected chi connectivity index (χ2v) is 4.71. The van der Waals surface area contributed by atoms with Crippen molar-refractivity contribution in [1.82, 2.24) is 0 Å². The van der Waals surface area contributed by atoms with Crippen LogP contribution in [0.25, 0.3) is 0 Å². The van der Waals surface area contributed by atoms with E-state index in [9.17, 15) is 15.0 Å². The fraction of sp³-hybridized carbons (Fsp3) is 0.909. The first kappa shape index (κ1) is 13.6. The highest BCUT2D eigenvalue weighted by Crippen LogP contribution is 2.12. The second kappa shape index (κ2) is 6.14. The minimum Gasteiger partial charge on any atom is -0.390 e. The molecule has 0 spiro atoms. The lowest BCUT2D eigenvalue weighted by atomic mass is 9.95. The van der Waals surface area contributed by atoms with E-state index in [1.807, 2.05) is 27.7 Å². The normalized spacial score (nSPS) is 16.0. The lowest BCUT2D eigenvalue weighted by Crippen LogP contribution is -2.35. The summed E-state index contributed by atoms with van der Waals surface area (Å²) in [6, 6.07) is 0. The lowest BCUT2D eigenvalue weighted by molar-refractivity contribution is -0.134. The first-order valence-corrected chi connectivity index (χ1v) is 5.23. The first-order chi connectivity index (χ1) is 6.34. The number of hydrogen-bond donors (Lipinski definition) is 2. The van der Waals surface area contributed by atoms with E-state index in [0.29, 0.717) is 12.8 Å². The Morgan fingerprint density at radius 3 is 1.93 bits per heavy atom. The summed E-state index contributed by atoms with van der Waals surface area (Å²) in [6.45, 7) is 7.73. The molecule has 3 nitrogen and oxygen atoms in total. The Balaban J connectivity index is 4.03. The van der Waals surface area contributed by atoms with Gasteiger partial charge in [-0.3, -0.25) is 4.79 Å². The van der Waals surface area contributed by atoms with Gasteiger partial charge in [0.15, 0.2) is 5.78 Å². The maximum atomic E-state index is 11.4. The van der Waals surface area contributed by atoms with E-state index < -0.39 is 12.2 Å². The number of Topliss-reactive ketones (excluding diaryl/α,β-unsaturated/α-hetero) is 1. The summed E-state index contributed by atoms with van der Waals surface area (Å²) < 4.78 is 0. The first-order valence-electron chi connectivity index (χ1n) is 5.23. The second-order valence-electron chi connectivity index (χ2n) is 4.71. The van der Waals surface area contributed by atoms with Gasteiger partial charge in [-0.2, -0.15) is 0 Å². The molecule has 0 aromatic heterocycles. The highest BCUT2D eigenvalue weighted by molar-refractivity contribution is 5.83. The van der Waals surface area contributed by atoms with Crippen LogP contribution in [0.2, 0.25) is 0 Å². The number of aliphatic hydroxyl groups is 2. The van der Waals surface area contributed by atoms with Gasteiger partial charge in [0, 0.05) is 6.42 Å². The average Bonchev–Trinajstić information content (AvgIpc) is 2.00. The highest BCUT2D eigenvalue weighted by Gasteiger charge is 2.24. The SMILES string of the molecule is CC(C)CC(=O)[C@@H](O)[C@H](O)CC(C)C. The van der Waals surface area contributed by atoms with Crippen LogP contribution in [0.1, 0.15) is 40.5 Å². The summed E-state index contributed by atoms with van der Waals surface area (Å²) in [5.41, 5.74) is 0. The van der Waals surface area contributed by atoms with Crippen LogP contribution in [-0.4, -0.2) is 28.2 Å². The van der Waals surface area contributed by atoms with E-state index in [0.717, 1.165) is 0 Å². The minimum absolute atomic E-state index is 0.225. The summed E-state index contributed by atoms with van der Waals surface area (Å²) in [5.74, 6) is 0.253. The van der Waals surface area contributed by atoms with E-state index in [4.69, 9.17) is 0 Å². The zero-order chi connectivity index (χ0) is 11.3. The van der Waals surface area contributed by atoms with Crippen LogP contribution >= 0.6 is 0 Å². The fourth-order valence-corrected chi connectivity index (χ4v) is 1.35. The number of carbonyl (C=O) groups excluding carboxylic acids is 1. The number of rotatable bonds is 6. The standard InChI is InChI=1S/C11H22O3/c1-7(2)5-9(12)11(14)10(13)6-8(3)4/h7-9,11-12,14H,5-6H2,1-4H3/t9-,11+/m1/s1. The summed E-state index contributed by atoms with van der Waals surface area (Å²) in [7, 11) is 0. The molecule has 2 atom stereocenters. The molecule has 0 radical (unpaired) electrons. The third-order valence-corrected chi connectivity index (χ3v) is 2.02. The van der Waals surface area contributed by atoms with Gasteiger partial charge in [0.2, 0.25) is 0 Å². The van der Waals surface area contributed by atoms with Gasteiger partial charge in [0.1, 0.15) is 6.10 Å². The highest BCUT2D eigenvalue weighted by atomic mass is 16.3. The third-order valence-electron chi connectivity index (χ3n) is 2.02. The molecule has 0 bridgehead atoms. The number of hydrogen-bond acceptors (Lipinski definition) is 3. The van der Waals surface area contributed by atoms with Gasteiger partial charge < -0.3 is 10.2 Å². The Morgan fingerprint density at radius 2 is 1.57 bits per heavy atom. The number of ketones is 1. The Hall–Kier alpha value is -0.410. The molecule has 84 valence electrons. The van der Waals surface area contributed by atoms with Crippen molar-refractivity contribution in [3.8, 4) is 0 Å². The molecule has 0 saturated carbocycles. The molecule has 0 heterocycles. The van der Waals surface area contributed by atoms with Gasteiger partial charge >= 0.3 is 0 Å². The quantitative estimate of drug-likeness (QED) is 0.684. The Kier molecular flexibility index (Phi) is 5.96. The van der Waals surface area contributed by atoms with Crippen molar-refractivity contribution in [1.29, 1.82) is 0 Å². The van der Waals surface area contributed by atoms with Gasteiger partial charge in [-0.25, -0.2) is 0 Å². The predicted octanol–water partition coefficient (Wildman–Crippen LogP) is 1.37. The predicted molar refractivity (Wildman–Crippen MR) is 55.9 cm³/mol. The molecule has 0 saturated heterocycles. The van der Waals surface area contributed by atoms with Gasteiger partial charge in [-0.1, -0.05) is 27.7 Å². The van der Waals surface area contributed by atoms with Crippen molar-refractivity contribution in [2.24, 2.45) is 11.8 Å². The Bertz CT molecular complexity index is 175. The molecule has 0 aromatic carbocycles. The van der Waals surface area contributed by atoms with Gasteiger partial charge in [0.25, 0.3) is 0 Å². The zero-order valence-electron chi connectivity index (χ0n) is 9.53. The minimum atomic E-state index is -1.21. The summed E-state index contributed by atoms with van der Waals surface area (Å²) in [4.78, 5) is 11.4.